The van der Waals surface area contributed by atoms with Crippen LogP contribution in [0.2, 0.25) is 0 Å². The quantitative estimate of drug-likeness (QED) is 0.791. The van der Waals surface area contributed by atoms with Crippen molar-refractivity contribution in [1.29, 1.82) is 0 Å². The van der Waals surface area contributed by atoms with Crippen LogP contribution in [0.1, 0.15) is 64.2 Å². The molecular formula is C17H26BrNO2S. The van der Waals surface area contributed by atoms with Gasteiger partial charge in [0.15, 0.2) is 0 Å². The molecule has 2 rings (SSSR count). The summed E-state index contributed by atoms with van der Waals surface area (Å²) in [5.74, 6) is 0. The van der Waals surface area contributed by atoms with E-state index in [1.54, 1.807) is 24.3 Å². The molecule has 124 valence electrons. The van der Waals surface area contributed by atoms with Gasteiger partial charge < -0.3 is 0 Å². The van der Waals surface area contributed by atoms with Crippen LogP contribution in [0.25, 0.3) is 0 Å². The molecule has 0 unspecified atom stereocenters. The van der Waals surface area contributed by atoms with Crippen molar-refractivity contribution in [2.45, 2.75) is 75.1 Å². The number of benzene rings is 1. The number of halogens is 1. The van der Waals surface area contributed by atoms with Crippen LogP contribution in [0.5, 0.6) is 0 Å². The van der Waals surface area contributed by atoms with Crippen LogP contribution >= 0.6 is 15.9 Å². The third-order valence-corrected chi connectivity index (χ3v) is 6.37. The van der Waals surface area contributed by atoms with Crippen LogP contribution in [-0.4, -0.2) is 14.5 Å². The van der Waals surface area contributed by atoms with Crippen LogP contribution in [0, 0.1) is 0 Å². The van der Waals surface area contributed by atoms with Gasteiger partial charge in [-0.2, -0.15) is 0 Å². The molecule has 1 saturated carbocycles. The van der Waals surface area contributed by atoms with Gasteiger partial charge in [-0.3, -0.25) is 0 Å². The van der Waals surface area contributed by atoms with Crippen molar-refractivity contribution in [2.75, 3.05) is 0 Å². The van der Waals surface area contributed by atoms with Crippen molar-refractivity contribution in [3.05, 3.63) is 28.7 Å². The molecule has 0 amide bonds. The lowest BCUT2D eigenvalue weighted by Crippen LogP contribution is -2.34. The maximum Gasteiger partial charge on any atom is 0.240 e. The predicted octanol–water partition coefficient (Wildman–Crippen LogP) is 5.01. The second-order valence-electron chi connectivity index (χ2n) is 6.18. The van der Waals surface area contributed by atoms with Gasteiger partial charge in [-0.05, 0) is 37.1 Å². The first kappa shape index (κ1) is 18.0. The van der Waals surface area contributed by atoms with E-state index in [0.29, 0.717) is 4.90 Å². The first-order chi connectivity index (χ1) is 10.6. The zero-order valence-corrected chi connectivity index (χ0v) is 15.5. The molecule has 3 nitrogen and oxygen atoms in total. The van der Waals surface area contributed by atoms with Crippen molar-refractivity contribution in [2.24, 2.45) is 0 Å². The fraction of sp³-hybridized carbons (Fsp3) is 0.647. The fourth-order valence-electron chi connectivity index (χ4n) is 3.01. The standard InChI is InChI=1S/C17H26BrNO2S/c18-15-11-13-17(14-12-15)22(20,21)19-16-9-7-5-3-1-2-4-6-8-10-16/h11-14,16,19H,1-10H2. The van der Waals surface area contributed by atoms with Crippen LogP contribution in [-0.2, 0) is 10.0 Å². The molecule has 0 saturated heterocycles. The Morgan fingerprint density at radius 1 is 0.818 bits per heavy atom. The van der Waals surface area contributed by atoms with Gasteiger partial charge in [0.2, 0.25) is 10.0 Å². The predicted molar refractivity (Wildman–Crippen MR) is 94.4 cm³/mol. The highest BCUT2D eigenvalue weighted by Gasteiger charge is 2.19. The van der Waals surface area contributed by atoms with Crippen LogP contribution in [0.4, 0.5) is 0 Å². The van der Waals surface area contributed by atoms with E-state index in [2.05, 4.69) is 20.7 Å². The molecule has 1 N–H and O–H groups in total. The molecule has 1 aliphatic rings. The molecule has 0 spiro atoms. The lowest BCUT2D eigenvalue weighted by molar-refractivity contribution is 0.467. The maximum absolute atomic E-state index is 12.5. The minimum Gasteiger partial charge on any atom is -0.208 e. The lowest BCUT2D eigenvalue weighted by atomic mass is 10.0. The Balaban J connectivity index is 1.99. The molecule has 0 bridgehead atoms. The molecule has 0 heterocycles. The first-order valence-corrected chi connectivity index (χ1v) is 10.6. The molecule has 5 heteroatoms. The third-order valence-electron chi connectivity index (χ3n) is 4.30. The molecule has 1 aromatic carbocycles. The zero-order chi connectivity index (χ0) is 15.8. The third kappa shape index (κ3) is 6.01. The lowest BCUT2D eigenvalue weighted by Gasteiger charge is -2.18. The number of rotatable bonds is 3. The Kier molecular flexibility index (Phi) is 7.38. The number of sulfonamides is 1. The monoisotopic (exact) mass is 387 g/mol. The molecule has 22 heavy (non-hydrogen) atoms. The maximum atomic E-state index is 12.5. The van der Waals surface area contributed by atoms with E-state index in [9.17, 15) is 8.42 Å². The van der Waals surface area contributed by atoms with Gasteiger partial charge in [-0.25, -0.2) is 13.1 Å². The van der Waals surface area contributed by atoms with Crippen molar-refractivity contribution in [1.82, 2.24) is 4.72 Å². The van der Waals surface area contributed by atoms with E-state index in [-0.39, 0.29) is 6.04 Å². The van der Waals surface area contributed by atoms with Crippen LogP contribution in [0.15, 0.2) is 33.6 Å². The number of hydrogen-bond acceptors (Lipinski definition) is 2. The molecule has 0 atom stereocenters. The van der Waals surface area contributed by atoms with Crippen LogP contribution < -0.4 is 4.72 Å². The summed E-state index contributed by atoms with van der Waals surface area (Å²) >= 11 is 3.34. The summed E-state index contributed by atoms with van der Waals surface area (Å²) in [6.45, 7) is 0. The van der Waals surface area contributed by atoms with E-state index >= 15 is 0 Å². The molecule has 1 fully saturated rings. The van der Waals surface area contributed by atoms with E-state index in [1.165, 1.54) is 38.5 Å². The summed E-state index contributed by atoms with van der Waals surface area (Å²) in [6, 6.07) is 6.92. The number of nitrogens with one attached hydrogen (secondary N) is 1. The van der Waals surface area contributed by atoms with E-state index in [0.717, 1.165) is 30.2 Å². The SMILES string of the molecule is O=S(=O)(NC1CCCCCCCCCC1)c1ccc(Br)cc1. The van der Waals surface area contributed by atoms with Gasteiger partial charge in [-0.15, -0.1) is 0 Å². The Labute approximate surface area is 143 Å². The van der Waals surface area contributed by atoms with Gasteiger partial charge in [-0.1, -0.05) is 67.3 Å². The van der Waals surface area contributed by atoms with Gasteiger partial charge in [0.25, 0.3) is 0 Å². The highest BCUT2D eigenvalue weighted by atomic mass is 79.9. The summed E-state index contributed by atoms with van der Waals surface area (Å²) in [6.07, 6.45) is 11.8. The summed E-state index contributed by atoms with van der Waals surface area (Å²) < 4.78 is 28.8. The fourth-order valence-corrected chi connectivity index (χ4v) is 4.57. The molecule has 1 aromatic rings. The number of hydrogen-bond donors (Lipinski definition) is 1. The topological polar surface area (TPSA) is 46.2 Å². The average molecular weight is 388 g/mol. The second-order valence-corrected chi connectivity index (χ2v) is 8.81. The molecule has 0 aliphatic heterocycles. The summed E-state index contributed by atoms with van der Waals surface area (Å²) in [5, 5.41) is 0. The van der Waals surface area contributed by atoms with Crippen LogP contribution in [0.3, 0.4) is 0 Å². The molecule has 0 aromatic heterocycles. The van der Waals surface area contributed by atoms with Crippen molar-refractivity contribution in [3.63, 3.8) is 0 Å². The van der Waals surface area contributed by atoms with Gasteiger partial charge in [0.1, 0.15) is 0 Å². The van der Waals surface area contributed by atoms with E-state index in [4.69, 9.17) is 0 Å². The largest absolute Gasteiger partial charge is 0.240 e. The highest BCUT2D eigenvalue weighted by molar-refractivity contribution is 9.10. The van der Waals surface area contributed by atoms with Crippen molar-refractivity contribution in [3.8, 4) is 0 Å². The van der Waals surface area contributed by atoms with Crippen molar-refractivity contribution < 1.29 is 8.42 Å². The average Bonchev–Trinajstić information content (AvgIpc) is 2.54. The van der Waals surface area contributed by atoms with Gasteiger partial charge in [0, 0.05) is 10.5 Å². The van der Waals surface area contributed by atoms with Crippen molar-refractivity contribution >= 4 is 26.0 Å². The summed E-state index contributed by atoms with van der Waals surface area (Å²) in [7, 11) is -3.41. The Hall–Kier alpha value is -0.390. The normalized spacial score (nSPS) is 19.5. The minimum atomic E-state index is -3.41. The minimum absolute atomic E-state index is 0.0757. The van der Waals surface area contributed by atoms with Gasteiger partial charge in [0.05, 0.1) is 4.90 Å². The van der Waals surface area contributed by atoms with E-state index in [1.807, 2.05) is 0 Å². The Morgan fingerprint density at radius 3 is 1.77 bits per heavy atom. The Bertz CT molecular complexity index is 530. The second kappa shape index (κ2) is 9.04. The molecule has 1 aliphatic carbocycles. The summed E-state index contributed by atoms with van der Waals surface area (Å²) in [5.41, 5.74) is 0. The summed E-state index contributed by atoms with van der Waals surface area (Å²) in [4.78, 5) is 0.352. The van der Waals surface area contributed by atoms with E-state index < -0.39 is 10.0 Å². The first-order valence-electron chi connectivity index (χ1n) is 8.36. The zero-order valence-electron chi connectivity index (χ0n) is 13.1. The van der Waals surface area contributed by atoms with Gasteiger partial charge >= 0.3 is 0 Å². The highest BCUT2D eigenvalue weighted by Crippen LogP contribution is 2.20. The molecule has 0 radical (unpaired) electrons. The smallest absolute Gasteiger partial charge is 0.208 e. The Morgan fingerprint density at radius 2 is 1.27 bits per heavy atom. The molecular weight excluding hydrogens is 362 g/mol.